The molecular weight excluding hydrogens is 236 g/mol. The number of methoxy groups -OCH3 is 1. The molecule has 0 aliphatic heterocycles. The summed E-state index contributed by atoms with van der Waals surface area (Å²) in [4.78, 5) is 0. The van der Waals surface area contributed by atoms with Gasteiger partial charge in [-0.2, -0.15) is 0 Å². The molecule has 0 aromatic rings. The number of thiocarbonyl (C=S) groups is 1. The molecule has 0 fully saturated rings. The van der Waals surface area contributed by atoms with Crippen LogP contribution in [0.1, 0.15) is 26.7 Å². The molecule has 0 heterocycles. The van der Waals surface area contributed by atoms with Gasteiger partial charge in [-0.1, -0.05) is 13.8 Å². The third-order valence-electron chi connectivity index (χ3n) is 2.10. The number of rotatable bonds is 10. The van der Waals surface area contributed by atoms with Gasteiger partial charge in [0.1, 0.15) is 0 Å². The Morgan fingerprint density at radius 3 is 2.53 bits per heavy atom. The first kappa shape index (κ1) is 16.6. The topological polar surface area (TPSA) is 42.5 Å². The van der Waals surface area contributed by atoms with E-state index < -0.39 is 0 Å². The number of hydrogen-bond donors (Lipinski definition) is 2. The van der Waals surface area contributed by atoms with E-state index >= 15 is 0 Å². The van der Waals surface area contributed by atoms with Crippen LogP contribution in [-0.4, -0.2) is 45.1 Å². The molecule has 2 N–H and O–H groups in total. The molecule has 5 heteroatoms. The van der Waals surface area contributed by atoms with Crippen molar-refractivity contribution in [1.29, 1.82) is 0 Å². The number of hydrogen-bond acceptors (Lipinski definition) is 3. The minimum atomic E-state index is 0.615. The maximum atomic E-state index is 5.36. The monoisotopic (exact) mass is 262 g/mol. The van der Waals surface area contributed by atoms with Gasteiger partial charge in [0.2, 0.25) is 0 Å². The highest BCUT2D eigenvalue weighted by Crippen LogP contribution is 1.90. The van der Waals surface area contributed by atoms with E-state index in [1.54, 1.807) is 7.11 Å². The zero-order chi connectivity index (χ0) is 12.9. The van der Waals surface area contributed by atoms with Gasteiger partial charge in [0, 0.05) is 26.8 Å². The summed E-state index contributed by atoms with van der Waals surface area (Å²) in [6, 6.07) is 0. The second-order valence-electron chi connectivity index (χ2n) is 4.34. The smallest absolute Gasteiger partial charge is 0.166 e. The van der Waals surface area contributed by atoms with Gasteiger partial charge in [-0.25, -0.2) is 0 Å². The van der Waals surface area contributed by atoms with Crippen LogP contribution in [0.2, 0.25) is 0 Å². The molecule has 0 aliphatic carbocycles. The quantitative estimate of drug-likeness (QED) is 0.462. The fourth-order valence-corrected chi connectivity index (χ4v) is 1.32. The number of unbranched alkanes of at least 4 members (excludes halogenated alkanes) is 1. The average Bonchev–Trinajstić information content (AvgIpc) is 2.30. The van der Waals surface area contributed by atoms with Crippen LogP contribution < -0.4 is 10.6 Å². The van der Waals surface area contributed by atoms with Crippen molar-refractivity contribution < 1.29 is 9.47 Å². The van der Waals surface area contributed by atoms with E-state index in [1.165, 1.54) is 0 Å². The van der Waals surface area contributed by atoms with Gasteiger partial charge in [0.25, 0.3) is 0 Å². The molecule has 0 aromatic heterocycles. The van der Waals surface area contributed by atoms with E-state index in [2.05, 4.69) is 24.5 Å². The standard InChI is InChI=1S/C12H26N2O2S/c1-11(2)10-14-12(17)13-6-4-5-7-16-9-8-15-3/h11H,4-10H2,1-3H3,(H2,13,14,17). The molecule has 17 heavy (non-hydrogen) atoms. The molecule has 0 rings (SSSR count). The van der Waals surface area contributed by atoms with Gasteiger partial charge < -0.3 is 20.1 Å². The lowest BCUT2D eigenvalue weighted by Crippen LogP contribution is -2.37. The lowest BCUT2D eigenvalue weighted by Gasteiger charge is -2.11. The van der Waals surface area contributed by atoms with Crippen molar-refractivity contribution in [2.45, 2.75) is 26.7 Å². The summed E-state index contributed by atoms with van der Waals surface area (Å²) in [6.07, 6.45) is 2.11. The van der Waals surface area contributed by atoms with Crippen molar-refractivity contribution in [1.82, 2.24) is 10.6 Å². The normalized spacial score (nSPS) is 10.6. The Hall–Kier alpha value is -0.390. The van der Waals surface area contributed by atoms with Gasteiger partial charge in [-0.3, -0.25) is 0 Å². The molecule has 0 saturated heterocycles. The number of ether oxygens (including phenoxy) is 2. The molecule has 0 aromatic carbocycles. The molecule has 0 bridgehead atoms. The molecule has 102 valence electrons. The van der Waals surface area contributed by atoms with Gasteiger partial charge in [0.05, 0.1) is 13.2 Å². The summed E-state index contributed by atoms with van der Waals surface area (Å²) in [5.74, 6) is 0.615. The predicted octanol–water partition coefficient (Wildman–Crippen LogP) is 1.55. The largest absolute Gasteiger partial charge is 0.382 e. The third-order valence-corrected chi connectivity index (χ3v) is 2.39. The first-order valence-electron chi connectivity index (χ1n) is 6.25. The van der Waals surface area contributed by atoms with Gasteiger partial charge >= 0.3 is 0 Å². The molecule has 0 spiro atoms. The van der Waals surface area contributed by atoms with Gasteiger partial charge in [-0.15, -0.1) is 0 Å². The van der Waals surface area contributed by atoms with Crippen molar-refractivity contribution >= 4 is 17.3 Å². The van der Waals surface area contributed by atoms with Crippen molar-refractivity contribution in [3.05, 3.63) is 0 Å². The summed E-state index contributed by atoms with van der Waals surface area (Å²) >= 11 is 5.14. The Kier molecular flexibility index (Phi) is 11.8. The highest BCUT2D eigenvalue weighted by molar-refractivity contribution is 7.80. The van der Waals surface area contributed by atoms with Crippen molar-refractivity contribution in [2.75, 3.05) is 40.0 Å². The molecule has 0 saturated carbocycles. The molecule has 0 radical (unpaired) electrons. The number of nitrogens with one attached hydrogen (secondary N) is 2. The Balaban J connectivity index is 3.14. The van der Waals surface area contributed by atoms with Crippen molar-refractivity contribution in [2.24, 2.45) is 5.92 Å². The molecule has 4 nitrogen and oxygen atoms in total. The SMILES string of the molecule is COCCOCCCCNC(=S)NCC(C)C. The molecule has 0 unspecified atom stereocenters. The van der Waals surface area contributed by atoms with Gasteiger partial charge in [-0.05, 0) is 31.0 Å². The highest BCUT2D eigenvalue weighted by atomic mass is 32.1. The molecular formula is C12H26N2O2S. The maximum absolute atomic E-state index is 5.36. The van der Waals surface area contributed by atoms with Gasteiger partial charge in [0.15, 0.2) is 5.11 Å². The minimum absolute atomic E-state index is 0.615. The van der Waals surface area contributed by atoms with E-state index in [0.717, 1.165) is 37.7 Å². The lowest BCUT2D eigenvalue weighted by atomic mass is 10.2. The summed E-state index contributed by atoms with van der Waals surface area (Å²) in [5.41, 5.74) is 0. The Labute approximate surface area is 110 Å². The van der Waals surface area contributed by atoms with Crippen LogP contribution in [0.5, 0.6) is 0 Å². The fourth-order valence-electron chi connectivity index (χ4n) is 1.13. The minimum Gasteiger partial charge on any atom is -0.382 e. The van der Waals surface area contributed by atoms with E-state index in [0.29, 0.717) is 19.1 Å². The van der Waals surface area contributed by atoms with Crippen molar-refractivity contribution in [3.8, 4) is 0 Å². The third kappa shape index (κ3) is 13.5. The summed E-state index contributed by atoms with van der Waals surface area (Å²) in [7, 11) is 1.68. The first-order valence-corrected chi connectivity index (χ1v) is 6.66. The predicted molar refractivity (Wildman–Crippen MR) is 75.4 cm³/mol. The van der Waals surface area contributed by atoms with E-state index in [4.69, 9.17) is 21.7 Å². The Bertz CT molecular complexity index is 189. The van der Waals surface area contributed by atoms with Crippen LogP contribution in [0.15, 0.2) is 0 Å². The lowest BCUT2D eigenvalue weighted by molar-refractivity contribution is 0.0689. The maximum Gasteiger partial charge on any atom is 0.166 e. The molecule has 0 amide bonds. The zero-order valence-electron chi connectivity index (χ0n) is 11.3. The molecule has 0 aliphatic rings. The van der Waals surface area contributed by atoms with Crippen LogP contribution in [0, 0.1) is 5.92 Å². The Morgan fingerprint density at radius 1 is 1.12 bits per heavy atom. The van der Waals surface area contributed by atoms with Crippen LogP contribution in [0.3, 0.4) is 0 Å². The summed E-state index contributed by atoms with van der Waals surface area (Å²) in [5, 5.41) is 7.10. The van der Waals surface area contributed by atoms with Crippen LogP contribution >= 0.6 is 12.2 Å². The van der Waals surface area contributed by atoms with E-state index in [-0.39, 0.29) is 0 Å². The second kappa shape index (κ2) is 12.1. The van der Waals surface area contributed by atoms with Crippen molar-refractivity contribution in [3.63, 3.8) is 0 Å². The second-order valence-corrected chi connectivity index (χ2v) is 4.75. The van der Waals surface area contributed by atoms with Crippen LogP contribution in [-0.2, 0) is 9.47 Å². The fraction of sp³-hybridized carbons (Fsp3) is 0.917. The Morgan fingerprint density at radius 2 is 1.88 bits per heavy atom. The molecule has 0 atom stereocenters. The summed E-state index contributed by atoms with van der Waals surface area (Å²) < 4.78 is 10.2. The van der Waals surface area contributed by atoms with Crippen LogP contribution in [0.25, 0.3) is 0 Å². The first-order chi connectivity index (χ1) is 8.16. The summed E-state index contributed by atoms with van der Waals surface area (Å²) in [6.45, 7) is 8.28. The van der Waals surface area contributed by atoms with Crippen LogP contribution in [0.4, 0.5) is 0 Å². The van der Waals surface area contributed by atoms with E-state index in [1.807, 2.05) is 0 Å². The highest BCUT2D eigenvalue weighted by Gasteiger charge is 1.97. The average molecular weight is 262 g/mol. The zero-order valence-corrected chi connectivity index (χ0v) is 12.1. The van der Waals surface area contributed by atoms with E-state index in [9.17, 15) is 0 Å².